The van der Waals surface area contributed by atoms with E-state index in [1.54, 1.807) is 39.0 Å². The van der Waals surface area contributed by atoms with Gasteiger partial charge >= 0.3 is 0 Å². The minimum absolute atomic E-state index is 0.317. The summed E-state index contributed by atoms with van der Waals surface area (Å²) in [4.78, 5) is 0. The molecule has 1 heterocycles. The van der Waals surface area contributed by atoms with Crippen LogP contribution in [0.1, 0.15) is 34.2 Å². The highest BCUT2D eigenvalue weighted by molar-refractivity contribution is 5.34. The average molecular weight is 246 g/mol. The zero-order valence-electron chi connectivity index (χ0n) is 10.6. The number of aliphatic hydroxyl groups excluding tert-OH is 1. The molecular formula is C14H15FN2O. The Balaban J connectivity index is 2.44. The number of rotatable bonds is 2. The maximum Gasteiger partial charge on any atom is 0.126 e. The summed E-state index contributed by atoms with van der Waals surface area (Å²) < 4.78 is 13.5. The van der Waals surface area contributed by atoms with Crippen molar-refractivity contribution in [1.29, 1.82) is 0 Å². The number of hydrogen-bond donors (Lipinski definition) is 1. The molecule has 0 fully saturated rings. The van der Waals surface area contributed by atoms with Crippen LogP contribution in [-0.2, 0) is 0 Å². The van der Waals surface area contributed by atoms with Gasteiger partial charge in [0.15, 0.2) is 0 Å². The fourth-order valence-electron chi connectivity index (χ4n) is 1.81. The lowest BCUT2D eigenvalue weighted by Crippen LogP contribution is -2.06. The molecular weight excluding hydrogens is 231 g/mol. The number of halogens is 1. The predicted molar refractivity (Wildman–Crippen MR) is 66.7 cm³/mol. The molecule has 94 valence electrons. The highest BCUT2D eigenvalue weighted by Crippen LogP contribution is 2.25. The molecule has 18 heavy (non-hydrogen) atoms. The van der Waals surface area contributed by atoms with E-state index < -0.39 is 6.10 Å². The molecule has 1 aromatic carbocycles. The van der Waals surface area contributed by atoms with Crippen LogP contribution >= 0.6 is 0 Å². The minimum Gasteiger partial charge on any atom is -0.384 e. The molecule has 4 heteroatoms. The quantitative estimate of drug-likeness (QED) is 0.886. The van der Waals surface area contributed by atoms with E-state index in [-0.39, 0.29) is 5.82 Å². The Labute approximate surface area is 105 Å². The van der Waals surface area contributed by atoms with Crippen molar-refractivity contribution in [2.45, 2.75) is 26.9 Å². The molecule has 0 aliphatic heterocycles. The monoisotopic (exact) mass is 246 g/mol. The van der Waals surface area contributed by atoms with Crippen LogP contribution < -0.4 is 0 Å². The highest BCUT2D eigenvalue weighted by atomic mass is 19.1. The molecule has 0 aliphatic carbocycles. The Kier molecular flexibility index (Phi) is 3.39. The van der Waals surface area contributed by atoms with Gasteiger partial charge in [-0.1, -0.05) is 12.1 Å². The number of aromatic nitrogens is 2. The van der Waals surface area contributed by atoms with Crippen LogP contribution in [0.2, 0.25) is 0 Å². The lowest BCUT2D eigenvalue weighted by atomic mass is 9.99. The first-order valence-electron chi connectivity index (χ1n) is 5.74. The molecule has 0 bridgehead atoms. The molecule has 2 aromatic rings. The standard InChI is InChI=1S/C14H15FN2O/c1-8-4-5-11(7-13(8)15)14(18)12-6-9(2)16-17-10(12)3/h4-7,14,18H,1-3H3. The molecule has 0 spiro atoms. The van der Waals surface area contributed by atoms with Crippen molar-refractivity contribution in [2.24, 2.45) is 0 Å². The second kappa shape index (κ2) is 4.82. The van der Waals surface area contributed by atoms with E-state index in [1.165, 1.54) is 6.07 Å². The van der Waals surface area contributed by atoms with E-state index in [4.69, 9.17) is 0 Å². The van der Waals surface area contributed by atoms with E-state index in [9.17, 15) is 9.50 Å². The molecule has 0 amide bonds. The normalized spacial score (nSPS) is 12.5. The Morgan fingerprint density at radius 3 is 2.50 bits per heavy atom. The van der Waals surface area contributed by atoms with Crippen LogP contribution in [0.4, 0.5) is 4.39 Å². The van der Waals surface area contributed by atoms with Crippen LogP contribution in [0.15, 0.2) is 24.3 Å². The van der Waals surface area contributed by atoms with E-state index in [0.717, 1.165) is 5.69 Å². The van der Waals surface area contributed by atoms with Crippen molar-refractivity contribution < 1.29 is 9.50 Å². The SMILES string of the molecule is Cc1cc(C(O)c2ccc(C)c(F)c2)c(C)nn1. The van der Waals surface area contributed by atoms with Crippen molar-refractivity contribution in [3.05, 3.63) is 58.2 Å². The first-order chi connectivity index (χ1) is 8.49. The molecule has 1 aromatic heterocycles. The summed E-state index contributed by atoms with van der Waals surface area (Å²) in [6.45, 7) is 5.27. The summed E-state index contributed by atoms with van der Waals surface area (Å²) >= 11 is 0. The molecule has 3 nitrogen and oxygen atoms in total. The van der Waals surface area contributed by atoms with E-state index in [0.29, 0.717) is 22.4 Å². The van der Waals surface area contributed by atoms with Crippen LogP contribution in [0.5, 0.6) is 0 Å². The van der Waals surface area contributed by atoms with Crippen molar-refractivity contribution in [3.63, 3.8) is 0 Å². The fourth-order valence-corrected chi connectivity index (χ4v) is 1.81. The zero-order valence-corrected chi connectivity index (χ0v) is 10.6. The highest BCUT2D eigenvalue weighted by Gasteiger charge is 2.15. The summed E-state index contributed by atoms with van der Waals surface area (Å²) in [7, 11) is 0. The van der Waals surface area contributed by atoms with Crippen molar-refractivity contribution >= 4 is 0 Å². The average Bonchev–Trinajstić information content (AvgIpc) is 2.35. The number of benzene rings is 1. The van der Waals surface area contributed by atoms with Crippen LogP contribution in [-0.4, -0.2) is 15.3 Å². The number of nitrogens with zero attached hydrogens (tertiary/aromatic N) is 2. The Morgan fingerprint density at radius 1 is 1.11 bits per heavy atom. The molecule has 0 radical (unpaired) electrons. The third-order valence-electron chi connectivity index (χ3n) is 2.95. The maximum absolute atomic E-state index is 13.5. The van der Waals surface area contributed by atoms with Gasteiger partial charge in [-0.15, -0.1) is 0 Å². The van der Waals surface area contributed by atoms with Crippen LogP contribution in [0.3, 0.4) is 0 Å². The molecule has 1 N–H and O–H groups in total. The number of aliphatic hydroxyl groups is 1. The topological polar surface area (TPSA) is 46.0 Å². The zero-order chi connectivity index (χ0) is 13.3. The van der Waals surface area contributed by atoms with Gasteiger partial charge in [-0.25, -0.2) is 4.39 Å². The van der Waals surface area contributed by atoms with Gasteiger partial charge in [0.05, 0.1) is 11.4 Å². The molecule has 0 aliphatic rings. The van der Waals surface area contributed by atoms with Gasteiger partial charge in [0.2, 0.25) is 0 Å². The van der Waals surface area contributed by atoms with Crippen LogP contribution in [0.25, 0.3) is 0 Å². The third-order valence-corrected chi connectivity index (χ3v) is 2.95. The second-order valence-electron chi connectivity index (χ2n) is 4.44. The van der Waals surface area contributed by atoms with Crippen LogP contribution in [0, 0.1) is 26.6 Å². The molecule has 1 atom stereocenters. The van der Waals surface area contributed by atoms with Crippen molar-refractivity contribution in [3.8, 4) is 0 Å². The first kappa shape index (κ1) is 12.6. The van der Waals surface area contributed by atoms with E-state index in [2.05, 4.69) is 10.2 Å². The van der Waals surface area contributed by atoms with Gasteiger partial charge in [-0.3, -0.25) is 0 Å². The molecule has 2 rings (SSSR count). The largest absolute Gasteiger partial charge is 0.384 e. The smallest absolute Gasteiger partial charge is 0.126 e. The van der Waals surface area contributed by atoms with E-state index in [1.807, 2.05) is 0 Å². The minimum atomic E-state index is -0.880. The van der Waals surface area contributed by atoms with Gasteiger partial charge in [0.25, 0.3) is 0 Å². The Morgan fingerprint density at radius 2 is 1.83 bits per heavy atom. The Bertz CT molecular complexity index is 584. The number of hydrogen-bond acceptors (Lipinski definition) is 3. The molecule has 1 unspecified atom stereocenters. The Hall–Kier alpha value is -1.81. The number of aryl methyl sites for hydroxylation is 3. The van der Waals surface area contributed by atoms with Gasteiger partial charge in [-0.05, 0) is 44.0 Å². The van der Waals surface area contributed by atoms with Gasteiger partial charge in [-0.2, -0.15) is 10.2 Å². The van der Waals surface area contributed by atoms with E-state index >= 15 is 0 Å². The van der Waals surface area contributed by atoms with Crippen molar-refractivity contribution in [2.75, 3.05) is 0 Å². The lowest BCUT2D eigenvalue weighted by molar-refractivity contribution is 0.218. The molecule has 0 saturated carbocycles. The van der Waals surface area contributed by atoms with Crippen molar-refractivity contribution in [1.82, 2.24) is 10.2 Å². The van der Waals surface area contributed by atoms with Gasteiger partial charge in [0, 0.05) is 5.56 Å². The summed E-state index contributed by atoms with van der Waals surface area (Å²) in [5, 5.41) is 18.2. The summed E-state index contributed by atoms with van der Waals surface area (Å²) in [5.41, 5.74) is 3.11. The summed E-state index contributed by atoms with van der Waals surface area (Å²) in [6, 6.07) is 6.50. The summed E-state index contributed by atoms with van der Waals surface area (Å²) in [6.07, 6.45) is -0.880. The van der Waals surface area contributed by atoms with Gasteiger partial charge in [0.1, 0.15) is 11.9 Å². The summed E-state index contributed by atoms with van der Waals surface area (Å²) in [5.74, 6) is -0.317. The predicted octanol–water partition coefficient (Wildman–Crippen LogP) is 2.62. The fraction of sp³-hybridized carbons (Fsp3) is 0.286. The maximum atomic E-state index is 13.5. The van der Waals surface area contributed by atoms with Gasteiger partial charge < -0.3 is 5.11 Å². The third kappa shape index (κ3) is 2.38. The molecule has 0 saturated heterocycles. The lowest BCUT2D eigenvalue weighted by Gasteiger charge is -2.14. The first-order valence-corrected chi connectivity index (χ1v) is 5.74. The second-order valence-corrected chi connectivity index (χ2v) is 4.44.